The van der Waals surface area contributed by atoms with E-state index >= 15 is 8.78 Å². The molecule has 28 heteroatoms. The van der Waals surface area contributed by atoms with E-state index in [0.717, 1.165) is 65.3 Å². The van der Waals surface area contributed by atoms with E-state index in [1.54, 1.807) is 17.4 Å². The monoisotopic (exact) mass is 1170 g/mol. The van der Waals surface area contributed by atoms with Gasteiger partial charge in [-0.1, -0.05) is 24.0 Å². The second kappa shape index (κ2) is 26.4. The average Bonchev–Trinajstić information content (AvgIpc) is 3.44. The number of carbonyl (C=O) groups excluding carboxylic acids is 4. The number of methoxy groups -OCH3 is 2. The fourth-order valence-electron chi connectivity index (χ4n) is 9.58. The topological polar surface area (TPSA) is 225 Å². The van der Waals surface area contributed by atoms with E-state index in [-0.39, 0.29) is 5.56 Å². The fourth-order valence-corrected chi connectivity index (χ4v) is 9.58. The summed E-state index contributed by atoms with van der Waals surface area (Å²) in [6.45, 7) is 1.80. The van der Waals surface area contributed by atoms with Crippen molar-refractivity contribution in [2.75, 3.05) is 52.0 Å². The molecule has 82 heavy (non-hydrogen) atoms. The van der Waals surface area contributed by atoms with Gasteiger partial charge in [-0.05, 0) is 102 Å². The molecule has 18 nitrogen and oxygen atoms in total. The predicted octanol–water partition coefficient (Wildman–Crippen LogP) is 6.26. The van der Waals surface area contributed by atoms with Crippen molar-refractivity contribution in [3.05, 3.63) is 99.8 Å². The number of hydrogen-bond donors (Lipinski definition) is 6. The lowest BCUT2D eigenvalue weighted by Crippen LogP contribution is -2.63. The maximum Gasteiger partial charge on any atom is 0.407 e. The Balaban J connectivity index is 1.33. The van der Waals surface area contributed by atoms with Gasteiger partial charge in [-0.3, -0.25) is 19.9 Å². The molecule has 0 spiro atoms. The van der Waals surface area contributed by atoms with E-state index in [0.29, 0.717) is 86.0 Å². The zero-order valence-corrected chi connectivity index (χ0v) is 45.7. The number of piperazine rings is 1. The molecule has 6 rings (SSSR count). The van der Waals surface area contributed by atoms with Crippen molar-refractivity contribution in [1.29, 1.82) is 0 Å². The van der Waals surface area contributed by atoms with Gasteiger partial charge in [-0.2, -0.15) is 35.1 Å². The number of fused-ring (bicyclic) bond motifs is 2. The zero-order chi connectivity index (χ0) is 60.6. The molecule has 3 saturated heterocycles. The molecule has 3 aliphatic heterocycles. The number of alkyl carbamates (subject to hydrolysis) is 2. The second-order valence-corrected chi connectivity index (χ2v) is 21.1. The number of aliphatic hydroxyl groups is 1. The molecule has 2 aromatic carbocycles. The third-order valence-corrected chi connectivity index (χ3v) is 14.8. The number of halogens is 10. The number of amides is 4. The normalized spacial score (nSPS) is 18.7. The van der Waals surface area contributed by atoms with Crippen molar-refractivity contribution < 1.29 is 82.4 Å². The van der Waals surface area contributed by atoms with Crippen molar-refractivity contribution in [3.8, 4) is 11.8 Å². The summed E-state index contributed by atoms with van der Waals surface area (Å²) in [7, 11) is 1.60. The maximum atomic E-state index is 16.0. The second-order valence-electron chi connectivity index (χ2n) is 21.1. The van der Waals surface area contributed by atoms with Crippen molar-refractivity contribution in [3.63, 3.8) is 0 Å². The largest absolute Gasteiger partial charge is 0.453 e. The van der Waals surface area contributed by atoms with Gasteiger partial charge in [0.15, 0.2) is 0 Å². The van der Waals surface area contributed by atoms with Crippen molar-refractivity contribution in [2.45, 2.75) is 122 Å². The summed E-state index contributed by atoms with van der Waals surface area (Å²) in [5.74, 6) is 0.854. The minimum atomic E-state index is -5.24. The summed E-state index contributed by atoms with van der Waals surface area (Å²) >= 11 is 0. The molecule has 2 unspecified atom stereocenters. The minimum Gasteiger partial charge on any atom is -0.453 e. The first-order valence-electron chi connectivity index (χ1n) is 25.7. The number of hydrazine groups is 1. The van der Waals surface area contributed by atoms with E-state index in [1.807, 2.05) is 29.8 Å². The molecular formula is C54H64F10N10O8. The third-order valence-electron chi connectivity index (χ3n) is 14.8. The lowest BCUT2D eigenvalue weighted by atomic mass is 9.82. The Morgan fingerprint density at radius 1 is 0.841 bits per heavy atom. The number of aliphatic imine (C=N–C) groups is 1. The summed E-state index contributed by atoms with van der Waals surface area (Å²) in [6.07, 6.45) is -12.5. The Morgan fingerprint density at radius 3 is 1.88 bits per heavy atom. The van der Waals surface area contributed by atoms with Crippen LogP contribution in [-0.2, 0) is 36.8 Å². The number of aliphatic hydroxyl groups excluding tert-OH is 1. The van der Waals surface area contributed by atoms with Crippen LogP contribution in [0.1, 0.15) is 74.0 Å². The molecule has 4 amide bonds. The zero-order valence-electron chi connectivity index (χ0n) is 45.7. The molecule has 6 atom stereocenters. The third kappa shape index (κ3) is 15.5. The van der Waals surface area contributed by atoms with Gasteiger partial charge >= 0.3 is 31.1 Å². The Labute approximate surface area is 466 Å². The van der Waals surface area contributed by atoms with Crippen LogP contribution in [0, 0.1) is 41.2 Å². The number of hydrogen-bond acceptors (Lipinski definition) is 14. The van der Waals surface area contributed by atoms with Crippen LogP contribution in [0.4, 0.5) is 59.3 Å². The van der Waals surface area contributed by atoms with Crippen LogP contribution in [0.3, 0.4) is 0 Å². The minimum absolute atomic E-state index is 0.269. The predicted molar refractivity (Wildman–Crippen MR) is 278 cm³/mol. The highest BCUT2D eigenvalue weighted by Crippen LogP contribution is 2.42. The van der Waals surface area contributed by atoms with Gasteiger partial charge in [0.1, 0.15) is 29.5 Å². The Morgan fingerprint density at radius 2 is 1.39 bits per heavy atom. The van der Waals surface area contributed by atoms with Crippen LogP contribution in [-0.4, -0.2) is 159 Å². The number of nitrogens with one attached hydrogen (secondary N) is 4. The number of rotatable bonds is 20. The molecule has 4 heterocycles. The van der Waals surface area contributed by atoms with Crippen LogP contribution in [0.2, 0.25) is 0 Å². The molecule has 0 saturated carbocycles. The van der Waals surface area contributed by atoms with Crippen LogP contribution in [0.25, 0.3) is 5.70 Å². The number of nitrogens with zero attached hydrogens (tertiary/aromatic N) is 5. The molecule has 0 aliphatic carbocycles. The Kier molecular flexibility index (Phi) is 20.6. The van der Waals surface area contributed by atoms with Crippen LogP contribution < -0.4 is 32.0 Å². The van der Waals surface area contributed by atoms with Crippen LogP contribution >= 0.6 is 0 Å². The molecule has 3 aromatic rings. The first-order valence-corrected chi connectivity index (χ1v) is 25.7. The van der Waals surface area contributed by atoms with Gasteiger partial charge in [0.05, 0.1) is 62.1 Å². The quantitative estimate of drug-likeness (QED) is 0.0242. The van der Waals surface area contributed by atoms with Gasteiger partial charge < -0.3 is 45.9 Å². The van der Waals surface area contributed by atoms with E-state index in [4.69, 9.17) is 15.5 Å². The summed E-state index contributed by atoms with van der Waals surface area (Å²) in [5, 5.41) is 18.5. The number of alkyl halides is 8. The Hall–Kier alpha value is -7.22. The van der Waals surface area contributed by atoms with E-state index in [9.17, 15) is 59.4 Å². The number of aryl methyl sites for hydroxylation is 1. The smallest absolute Gasteiger partial charge is 0.407 e. The molecule has 448 valence electrons. The molecule has 0 radical (unpaired) electrons. The molecule has 3 aliphatic rings. The lowest BCUT2D eigenvalue weighted by Gasteiger charge is -2.48. The summed E-state index contributed by atoms with van der Waals surface area (Å²) in [5.41, 5.74) is 1.89. The number of anilines is 1. The highest BCUT2D eigenvalue weighted by molar-refractivity contribution is 5.87. The number of benzene rings is 2. The SMILES string of the molecule is COC(=O)N[C@H](C(=O)N[C@@H](Cc1ccc(C#Cc2ccc(N3CC4CCC(C3)N4C3COC3)nc2C)cc1)[C@@H](O)CN(Cc1c(F)cc(C(N)=CC=NC(F)F)cc1F)NC(=O)[C@@H](NC(=O)OC)C(C)(C)C(F)(F)F)C(C)(C)C(F)(F)F. The number of allylic oxidation sites excluding steroid dienone is 1. The van der Waals surface area contributed by atoms with Gasteiger partial charge in [0.2, 0.25) is 5.91 Å². The van der Waals surface area contributed by atoms with Gasteiger partial charge in [-0.25, -0.2) is 33.4 Å². The van der Waals surface area contributed by atoms with Gasteiger partial charge in [0, 0.05) is 72.4 Å². The van der Waals surface area contributed by atoms with Crippen LogP contribution in [0.5, 0.6) is 0 Å². The summed E-state index contributed by atoms with van der Waals surface area (Å²) < 4.78 is 159. The van der Waals surface area contributed by atoms with E-state index < -0.39 is 126 Å². The van der Waals surface area contributed by atoms with Crippen molar-refractivity contribution in [1.82, 2.24) is 36.3 Å². The van der Waals surface area contributed by atoms with Gasteiger partial charge in [0.25, 0.3) is 5.91 Å². The molecule has 1 aromatic heterocycles. The highest BCUT2D eigenvalue weighted by atomic mass is 19.4. The summed E-state index contributed by atoms with van der Waals surface area (Å²) in [6, 6.07) is 5.56. The maximum absolute atomic E-state index is 16.0. The van der Waals surface area contributed by atoms with E-state index in [2.05, 4.69) is 41.4 Å². The van der Waals surface area contributed by atoms with E-state index in [1.165, 1.54) is 12.1 Å². The molecule has 3 fully saturated rings. The Bertz CT molecular complexity index is 2870. The highest BCUT2D eigenvalue weighted by Gasteiger charge is 2.57. The number of nitrogens with two attached hydrogens (primary N) is 1. The van der Waals surface area contributed by atoms with Crippen LogP contribution in [0.15, 0.2) is 59.6 Å². The number of aromatic nitrogens is 1. The molecule has 2 bridgehead atoms. The van der Waals surface area contributed by atoms with Crippen molar-refractivity contribution >= 4 is 41.7 Å². The first-order chi connectivity index (χ1) is 38.3. The van der Waals surface area contributed by atoms with Gasteiger partial charge in [-0.15, -0.1) is 0 Å². The molecular weight excluding hydrogens is 1110 g/mol. The summed E-state index contributed by atoms with van der Waals surface area (Å²) in [4.78, 5) is 65.4. The fraction of sp³-hybridized carbons (Fsp3) is 0.519. The van der Waals surface area contributed by atoms with Crippen molar-refractivity contribution in [2.24, 2.45) is 21.6 Å². The standard InChI is InChI=1S/C54H64F10N10O8/c1-29-32(14-17-43(67-29)72-23-34-15-16-35(24-72)74(34)36-27-82-28-36)13-12-30-8-10-31(11-9-30)20-41(68-46(76)44(69-49(78)80-6)51(2,3)53(59,60)61)42(75)26-73(71-47(77)45(70-50(79)81-7)52(4,5)54(62,63)64)25-37-38(55)21-33(22-39(37)56)40(65)18-19-66-48(57)58/h8-11,14,17-19,21-22,34-36,41-42,44-45,48,75H,15-16,20,23-28,65H2,1-7H3,(H,68,76)(H,69,78)(H,70,79)(H,71,77)/t34?,35?,41-,42-,44+,45+/m0/s1. The number of ether oxygens (including phenoxy) is 3. The average molecular weight is 1170 g/mol. The first kappa shape index (κ1) is 64.0. The lowest BCUT2D eigenvalue weighted by molar-refractivity contribution is -0.221. The number of pyridine rings is 1. The molecule has 7 N–H and O–H groups in total. The number of carbonyl (C=O) groups is 4.